The molecule has 20 heavy (non-hydrogen) atoms. The quantitative estimate of drug-likeness (QED) is 0.862. The fraction of sp³-hybridized carbons (Fsp3) is 0.235. The smallest absolute Gasteiger partial charge is 0.0992 e. The summed E-state index contributed by atoms with van der Waals surface area (Å²) in [6.45, 7) is 4.24. The average Bonchev–Trinajstić information content (AvgIpc) is 2.49. The van der Waals surface area contributed by atoms with Crippen LogP contribution in [-0.4, -0.2) is 0 Å². The van der Waals surface area contributed by atoms with Gasteiger partial charge in [0.2, 0.25) is 0 Å². The molecule has 0 saturated carbocycles. The van der Waals surface area contributed by atoms with Gasteiger partial charge in [0, 0.05) is 6.04 Å². The summed E-state index contributed by atoms with van der Waals surface area (Å²) in [6, 6.07) is 16.1. The number of anilines is 1. The molecule has 0 spiro atoms. The third-order valence-electron chi connectivity index (χ3n) is 3.36. The van der Waals surface area contributed by atoms with Gasteiger partial charge in [-0.15, -0.1) is 0 Å². The van der Waals surface area contributed by atoms with Crippen LogP contribution in [0.2, 0.25) is 5.02 Å². The molecule has 0 heterocycles. The van der Waals surface area contributed by atoms with Crippen LogP contribution in [-0.2, 0) is 6.42 Å². The minimum atomic E-state index is 0.159. The third-order valence-corrected chi connectivity index (χ3v) is 3.67. The van der Waals surface area contributed by atoms with E-state index in [2.05, 4.69) is 49.5 Å². The summed E-state index contributed by atoms with van der Waals surface area (Å²) < 4.78 is 0. The number of nitrogens with zero attached hydrogens (tertiary/aromatic N) is 1. The summed E-state index contributed by atoms with van der Waals surface area (Å²) in [4.78, 5) is 0. The zero-order valence-corrected chi connectivity index (χ0v) is 12.4. The summed E-state index contributed by atoms with van der Waals surface area (Å²) in [5, 5.41) is 12.8. The van der Waals surface area contributed by atoms with Gasteiger partial charge in [-0.3, -0.25) is 0 Å². The van der Waals surface area contributed by atoms with Gasteiger partial charge in [-0.2, -0.15) is 5.26 Å². The van der Waals surface area contributed by atoms with Crippen molar-refractivity contribution in [3.8, 4) is 6.07 Å². The van der Waals surface area contributed by atoms with E-state index in [0.717, 1.165) is 12.1 Å². The van der Waals surface area contributed by atoms with E-state index in [1.165, 1.54) is 11.1 Å². The highest BCUT2D eigenvalue weighted by molar-refractivity contribution is 6.33. The molecule has 0 aliphatic carbocycles. The van der Waals surface area contributed by atoms with Crippen LogP contribution in [0.15, 0.2) is 42.5 Å². The van der Waals surface area contributed by atoms with Gasteiger partial charge >= 0.3 is 0 Å². The first-order chi connectivity index (χ1) is 9.63. The van der Waals surface area contributed by atoms with Gasteiger partial charge in [0.15, 0.2) is 0 Å². The van der Waals surface area contributed by atoms with E-state index in [1.807, 2.05) is 6.07 Å². The van der Waals surface area contributed by atoms with Crippen LogP contribution >= 0.6 is 11.6 Å². The van der Waals surface area contributed by atoms with E-state index in [9.17, 15) is 0 Å². The summed E-state index contributed by atoms with van der Waals surface area (Å²) in [5.41, 5.74) is 3.96. The maximum absolute atomic E-state index is 8.83. The van der Waals surface area contributed by atoms with Crippen LogP contribution in [0.3, 0.4) is 0 Å². The Bertz CT molecular complexity index is 626. The van der Waals surface area contributed by atoms with Crippen molar-refractivity contribution in [3.05, 3.63) is 64.2 Å². The lowest BCUT2D eigenvalue weighted by molar-refractivity contribution is 0.883. The first kappa shape index (κ1) is 14.4. The summed E-state index contributed by atoms with van der Waals surface area (Å²) in [7, 11) is 0. The van der Waals surface area contributed by atoms with Crippen molar-refractivity contribution in [2.75, 3.05) is 5.32 Å². The molecule has 2 aromatic carbocycles. The molecular formula is C17H17ClN2. The highest BCUT2D eigenvalue weighted by Crippen LogP contribution is 2.27. The van der Waals surface area contributed by atoms with Crippen molar-refractivity contribution in [1.29, 1.82) is 5.26 Å². The van der Waals surface area contributed by atoms with Crippen molar-refractivity contribution >= 4 is 17.3 Å². The van der Waals surface area contributed by atoms with Gasteiger partial charge in [0.05, 0.1) is 22.3 Å². The van der Waals surface area contributed by atoms with Crippen molar-refractivity contribution in [2.24, 2.45) is 0 Å². The molecule has 0 aliphatic heterocycles. The number of hydrogen-bond acceptors (Lipinski definition) is 2. The summed E-state index contributed by atoms with van der Waals surface area (Å²) in [5.74, 6) is 0. The van der Waals surface area contributed by atoms with Crippen LogP contribution in [0.25, 0.3) is 0 Å². The molecule has 3 heteroatoms. The second-order valence-corrected chi connectivity index (χ2v) is 5.17. The van der Waals surface area contributed by atoms with Crippen molar-refractivity contribution in [1.82, 2.24) is 0 Å². The van der Waals surface area contributed by atoms with Gasteiger partial charge in [0.25, 0.3) is 0 Å². The molecule has 2 nitrogen and oxygen atoms in total. The number of aryl methyl sites for hydroxylation is 1. The van der Waals surface area contributed by atoms with Crippen LogP contribution in [0, 0.1) is 11.3 Å². The topological polar surface area (TPSA) is 35.8 Å². The lowest BCUT2D eigenvalue weighted by Gasteiger charge is -2.17. The Balaban J connectivity index is 2.14. The molecule has 102 valence electrons. The Morgan fingerprint density at radius 1 is 1.20 bits per heavy atom. The number of nitrogens with one attached hydrogen (secondary N) is 1. The SMILES string of the molecule is CCc1ccc(C(C)Nc2ccc(C#N)cc2Cl)cc1. The fourth-order valence-electron chi connectivity index (χ4n) is 2.06. The maximum atomic E-state index is 8.83. The molecule has 1 atom stereocenters. The van der Waals surface area contributed by atoms with Crippen LogP contribution in [0.4, 0.5) is 5.69 Å². The highest BCUT2D eigenvalue weighted by Gasteiger charge is 2.08. The molecule has 0 radical (unpaired) electrons. The van der Waals surface area contributed by atoms with Crippen LogP contribution in [0.1, 0.15) is 36.6 Å². The first-order valence-corrected chi connectivity index (χ1v) is 7.07. The van der Waals surface area contributed by atoms with E-state index in [0.29, 0.717) is 10.6 Å². The Kier molecular flexibility index (Phi) is 4.65. The standard InChI is InChI=1S/C17H17ClN2/c1-3-13-4-7-15(8-5-13)12(2)20-17-9-6-14(11-19)10-16(17)18/h4-10,12,20H,3H2,1-2H3. The molecule has 0 saturated heterocycles. The molecular weight excluding hydrogens is 268 g/mol. The largest absolute Gasteiger partial charge is 0.377 e. The molecule has 2 aromatic rings. The van der Waals surface area contributed by atoms with E-state index in [4.69, 9.17) is 16.9 Å². The second-order valence-electron chi connectivity index (χ2n) is 4.77. The third kappa shape index (κ3) is 3.31. The van der Waals surface area contributed by atoms with Crippen molar-refractivity contribution in [3.63, 3.8) is 0 Å². The lowest BCUT2D eigenvalue weighted by Crippen LogP contribution is -2.07. The van der Waals surface area contributed by atoms with Gasteiger partial charge in [-0.25, -0.2) is 0 Å². The first-order valence-electron chi connectivity index (χ1n) is 6.69. The molecule has 0 bridgehead atoms. The predicted octanol–water partition coefficient (Wildman–Crippen LogP) is 4.95. The fourth-order valence-corrected chi connectivity index (χ4v) is 2.30. The molecule has 1 unspecified atom stereocenters. The molecule has 0 fully saturated rings. The second kappa shape index (κ2) is 6.45. The Hall–Kier alpha value is -1.98. The van der Waals surface area contributed by atoms with Gasteiger partial charge in [-0.1, -0.05) is 42.8 Å². The minimum Gasteiger partial charge on any atom is -0.377 e. The number of halogens is 1. The van der Waals surface area contributed by atoms with E-state index in [-0.39, 0.29) is 6.04 Å². The Morgan fingerprint density at radius 3 is 2.45 bits per heavy atom. The zero-order chi connectivity index (χ0) is 14.5. The number of nitriles is 1. The van der Waals surface area contributed by atoms with Gasteiger partial charge in [0.1, 0.15) is 0 Å². The van der Waals surface area contributed by atoms with Crippen LogP contribution < -0.4 is 5.32 Å². The van der Waals surface area contributed by atoms with E-state index < -0.39 is 0 Å². The molecule has 0 aliphatic rings. The number of rotatable bonds is 4. The van der Waals surface area contributed by atoms with Crippen molar-refractivity contribution in [2.45, 2.75) is 26.3 Å². The zero-order valence-electron chi connectivity index (χ0n) is 11.7. The van der Waals surface area contributed by atoms with E-state index >= 15 is 0 Å². The number of hydrogen-bond donors (Lipinski definition) is 1. The normalized spacial score (nSPS) is 11.7. The van der Waals surface area contributed by atoms with Crippen molar-refractivity contribution < 1.29 is 0 Å². The van der Waals surface area contributed by atoms with Gasteiger partial charge < -0.3 is 5.32 Å². The van der Waals surface area contributed by atoms with Gasteiger partial charge in [-0.05, 0) is 42.7 Å². The molecule has 2 rings (SSSR count). The minimum absolute atomic E-state index is 0.159. The Morgan fingerprint density at radius 2 is 1.90 bits per heavy atom. The highest BCUT2D eigenvalue weighted by atomic mass is 35.5. The molecule has 0 amide bonds. The monoisotopic (exact) mass is 284 g/mol. The van der Waals surface area contributed by atoms with E-state index in [1.54, 1.807) is 12.1 Å². The average molecular weight is 285 g/mol. The molecule has 1 N–H and O–H groups in total. The molecule has 0 aromatic heterocycles. The Labute approximate surface area is 125 Å². The summed E-state index contributed by atoms with van der Waals surface area (Å²) in [6.07, 6.45) is 1.05. The summed E-state index contributed by atoms with van der Waals surface area (Å²) >= 11 is 6.17. The maximum Gasteiger partial charge on any atom is 0.0992 e. The number of benzene rings is 2. The van der Waals surface area contributed by atoms with Crippen LogP contribution in [0.5, 0.6) is 0 Å². The predicted molar refractivity (Wildman–Crippen MR) is 84.0 cm³/mol. The lowest BCUT2D eigenvalue weighted by atomic mass is 10.0.